The van der Waals surface area contributed by atoms with Crippen LogP contribution in [0.25, 0.3) is 0 Å². The normalized spacial score (nSPS) is 15.1. The molecule has 0 radical (unpaired) electrons. The van der Waals surface area contributed by atoms with Gasteiger partial charge in [-0.05, 0) is 35.8 Å². The number of rotatable bonds is 6. The maximum absolute atomic E-state index is 6.29. The first kappa shape index (κ1) is 16.0. The van der Waals surface area contributed by atoms with Crippen molar-refractivity contribution >= 4 is 0 Å². The lowest BCUT2D eigenvalue weighted by Crippen LogP contribution is -2.23. The fourth-order valence-corrected chi connectivity index (χ4v) is 1.81. The van der Waals surface area contributed by atoms with Crippen molar-refractivity contribution in [1.29, 1.82) is 0 Å². The van der Waals surface area contributed by atoms with E-state index in [1.54, 1.807) is 6.20 Å². The van der Waals surface area contributed by atoms with Gasteiger partial charge in [-0.2, -0.15) is 0 Å². The molecule has 0 bridgehead atoms. The minimum atomic E-state index is 0.0203. The number of aromatic nitrogens is 1. The van der Waals surface area contributed by atoms with Crippen LogP contribution in [0.3, 0.4) is 0 Å². The van der Waals surface area contributed by atoms with Gasteiger partial charge in [0.2, 0.25) is 0 Å². The van der Waals surface area contributed by atoms with Gasteiger partial charge in [0.1, 0.15) is 5.75 Å². The highest BCUT2D eigenvalue weighted by atomic mass is 16.5. The third kappa shape index (κ3) is 5.19. The molecule has 0 aliphatic carbocycles. The molecule has 2 N–H and O–H groups in total. The predicted octanol–water partition coefficient (Wildman–Crippen LogP) is 3.94. The molecule has 1 heterocycles. The molecule has 1 aromatic heterocycles. The van der Waals surface area contributed by atoms with Gasteiger partial charge in [0.05, 0.1) is 12.8 Å². The van der Waals surface area contributed by atoms with Gasteiger partial charge in [-0.3, -0.25) is 4.98 Å². The number of ether oxygens (including phenoxy) is 1. The van der Waals surface area contributed by atoms with Gasteiger partial charge in [-0.15, -0.1) is 0 Å². The van der Waals surface area contributed by atoms with Crippen LogP contribution in [0.15, 0.2) is 18.5 Å². The monoisotopic (exact) mass is 264 g/mol. The van der Waals surface area contributed by atoms with Crippen LogP contribution in [0.2, 0.25) is 0 Å². The van der Waals surface area contributed by atoms with Gasteiger partial charge >= 0.3 is 0 Å². The molecule has 3 heteroatoms. The lowest BCUT2D eigenvalue weighted by atomic mass is 9.78. The van der Waals surface area contributed by atoms with Crippen molar-refractivity contribution in [2.45, 2.75) is 53.5 Å². The van der Waals surface area contributed by atoms with E-state index < -0.39 is 0 Å². The summed E-state index contributed by atoms with van der Waals surface area (Å²) < 4.78 is 5.60. The zero-order chi connectivity index (χ0) is 14.5. The number of hydrogen-bond donors (Lipinski definition) is 1. The van der Waals surface area contributed by atoms with Crippen molar-refractivity contribution in [1.82, 2.24) is 4.98 Å². The highest BCUT2D eigenvalue weighted by Gasteiger charge is 2.23. The molecule has 0 spiro atoms. The molecule has 3 nitrogen and oxygen atoms in total. The number of nitrogens with two attached hydrogens (primary N) is 1. The quantitative estimate of drug-likeness (QED) is 0.846. The molecule has 0 aliphatic rings. The third-order valence-electron chi connectivity index (χ3n) is 3.72. The molecule has 1 aromatic rings. The summed E-state index contributed by atoms with van der Waals surface area (Å²) in [5.74, 6) is 1.38. The Morgan fingerprint density at radius 1 is 1.32 bits per heavy atom. The molecule has 0 aromatic carbocycles. The molecule has 1 rings (SSSR count). The van der Waals surface area contributed by atoms with E-state index in [2.05, 4.69) is 39.6 Å². The highest BCUT2D eigenvalue weighted by molar-refractivity contribution is 5.25. The lowest BCUT2D eigenvalue weighted by Gasteiger charge is -2.29. The molecule has 0 amide bonds. The summed E-state index contributed by atoms with van der Waals surface area (Å²) in [5.41, 5.74) is 7.63. The lowest BCUT2D eigenvalue weighted by molar-refractivity contribution is 0.233. The van der Waals surface area contributed by atoms with Gasteiger partial charge in [-0.25, -0.2) is 0 Å². The zero-order valence-electron chi connectivity index (χ0n) is 12.9. The van der Waals surface area contributed by atoms with E-state index in [4.69, 9.17) is 10.5 Å². The Kier molecular flexibility index (Phi) is 5.80. The van der Waals surface area contributed by atoms with Crippen LogP contribution in [0.5, 0.6) is 5.75 Å². The fourth-order valence-electron chi connectivity index (χ4n) is 1.81. The summed E-state index contributed by atoms with van der Waals surface area (Å²) in [4.78, 5) is 4.22. The number of pyridine rings is 1. The largest absolute Gasteiger partial charge is 0.492 e. The first-order valence-electron chi connectivity index (χ1n) is 7.18. The second kappa shape index (κ2) is 6.90. The second-order valence-corrected chi connectivity index (χ2v) is 6.41. The molecular formula is C16H28N2O. The molecule has 2 unspecified atom stereocenters. The summed E-state index contributed by atoms with van der Waals surface area (Å²) in [6.07, 6.45) is 5.55. The molecule has 0 aliphatic heterocycles. The van der Waals surface area contributed by atoms with Crippen LogP contribution < -0.4 is 10.5 Å². The average molecular weight is 264 g/mol. The molecular weight excluding hydrogens is 236 g/mol. The van der Waals surface area contributed by atoms with Crippen molar-refractivity contribution in [3.05, 3.63) is 24.0 Å². The van der Waals surface area contributed by atoms with E-state index >= 15 is 0 Å². The van der Waals surface area contributed by atoms with E-state index in [1.807, 2.05) is 12.3 Å². The van der Waals surface area contributed by atoms with Gasteiger partial charge in [0.25, 0.3) is 0 Å². The van der Waals surface area contributed by atoms with Crippen LogP contribution in [-0.4, -0.2) is 11.6 Å². The van der Waals surface area contributed by atoms with Gasteiger partial charge < -0.3 is 10.5 Å². The van der Waals surface area contributed by atoms with Crippen LogP contribution in [-0.2, 0) is 0 Å². The van der Waals surface area contributed by atoms with Gasteiger partial charge in [-0.1, -0.05) is 34.6 Å². The highest BCUT2D eigenvalue weighted by Crippen LogP contribution is 2.32. The van der Waals surface area contributed by atoms with Gasteiger partial charge in [0.15, 0.2) is 0 Å². The zero-order valence-corrected chi connectivity index (χ0v) is 12.9. The topological polar surface area (TPSA) is 48.1 Å². The SMILES string of the molecule is CCCOc1cncc(C(N)CC(C)C(C)(C)C)c1. The predicted molar refractivity (Wildman–Crippen MR) is 80.2 cm³/mol. The van der Waals surface area contributed by atoms with Crippen LogP contribution in [0.4, 0.5) is 0 Å². The van der Waals surface area contributed by atoms with E-state index in [1.165, 1.54) is 0 Å². The van der Waals surface area contributed by atoms with Crippen molar-refractivity contribution < 1.29 is 4.74 Å². The average Bonchev–Trinajstić information content (AvgIpc) is 2.35. The maximum atomic E-state index is 6.29. The molecule has 0 fully saturated rings. The number of hydrogen-bond acceptors (Lipinski definition) is 3. The summed E-state index contributed by atoms with van der Waals surface area (Å²) >= 11 is 0. The Balaban J connectivity index is 2.68. The Morgan fingerprint density at radius 2 is 2.00 bits per heavy atom. The van der Waals surface area contributed by atoms with Crippen LogP contribution in [0.1, 0.15) is 59.1 Å². The number of nitrogens with zero attached hydrogens (tertiary/aromatic N) is 1. The minimum absolute atomic E-state index is 0.0203. The Morgan fingerprint density at radius 3 is 2.58 bits per heavy atom. The van der Waals surface area contributed by atoms with Crippen molar-refractivity contribution in [3.8, 4) is 5.75 Å². The van der Waals surface area contributed by atoms with E-state index in [9.17, 15) is 0 Å². The maximum Gasteiger partial charge on any atom is 0.137 e. The Bertz CT molecular complexity index is 385. The molecule has 0 saturated heterocycles. The molecule has 108 valence electrons. The fraction of sp³-hybridized carbons (Fsp3) is 0.688. The van der Waals surface area contributed by atoms with Gasteiger partial charge in [0, 0.05) is 12.2 Å². The summed E-state index contributed by atoms with van der Waals surface area (Å²) in [7, 11) is 0. The van der Waals surface area contributed by atoms with Crippen molar-refractivity contribution in [2.75, 3.05) is 6.61 Å². The smallest absolute Gasteiger partial charge is 0.137 e. The van der Waals surface area contributed by atoms with E-state index in [0.29, 0.717) is 5.92 Å². The molecule has 2 atom stereocenters. The standard InChI is InChI=1S/C16H28N2O/c1-6-7-19-14-9-13(10-18-11-14)15(17)8-12(2)16(3,4)5/h9-12,15H,6-8,17H2,1-5H3. The van der Waals surface area contributed by atoms with E-state index in [0.717, 1.165) is 30.8 Å². The third-order valence-corrected chi connectivity index (χ3v) is 3.72. The first-order valence-corrected chi connectivity index (χ1v) is 7.18. The minimum Gasteiger partial charge on any atom is -0.492 e. The van der Waals surface area contributed by atoms with E-state index in [-0.39, 0.29) is 11.5 Å². The molecule has 0 saturated carbocycles. The van der Waals surface area contributed by atoms with Crippen molar-refractivity contribution in [3.63, 3.8) is 0 Å². The summed E-state index contributed by atoms with van der Waals surface area (Å²) in [6, 6.07) is 2.04. The summed E-state index contributed by atoms with van der Waals surface area (Å²) in [6.45, 7) is 11.8. The Hall–Kier alpha value is -1.09. The van der Waals surface area contributed by atoms with Crippen LogP contribution in [0, 0.1) is 11.3 Å². The summed E-state index contributed by atoms with van der Waals surface area (Å²) in [5, 5.41) is 0. The van der Waals surface area contributed by atoms with Crippen LogP contribution >= 0.6 is 0 Å². The Labute approximate surface area is 117 Å². The van der Waals surface area contributed by atoms with Crippen molar-refractivity contribution in [2.24, 2.45) is 17.1 Å². The first-order chi connectivity index (χ1) is 8.84. The second-order valence-electron chi connectivity index (χ2n) is 6.41. The molecule has 19 heavy (non-hydrogen) atoms.